The molecule has 1 aromatic carbocycles. The zero-order valence-corrected chi connectivity index (χ0v) is 13.1. The van der Waals surface area contributed by atoms with E-state index in [9.17, 15) is 4.79 Å². The highest BCUT2D eigenvalue weighted by atomic mass is 32.1. The number of carbonyl (C=O) groups excluding carboxylic acids is 1. The molecule has 1 N–H and O–H groups in total. The summed E-state index contributed by atoms with van der Waals surface area (Å²) in [6.45, 7) is 2.27. The first-order valence-electron chi connectivity index (χ1n) is 7.22. The fraction of sp³-hybridized carbons (Fsp3) is 0.353. The van der Waals surface area contributed by atoms with Crippen LogP contribution in [0.3, 0.4) is 0 Å². The van der Waals surface area contributed by atoms with Crippen molar-refractivity contribution in [2.24, 2.45) is 5.92 Å². The van der Waals surface area contributed by atoms with Crippen LogP contribution in [-0.2, 0) is 12.8 Å². The number of anilines is 1. The maximum absolute atomic E-state index is 12.4. The summed E-state index contributed by atoms with van der Waals surface area (Å²) in [6, 6.07) is 9.49. The lowest BCUT2D eigenvalue weighted by Gasteiger charge is -2.16. The van der Waals surface area contributed by atoms with Crippen molar-refractivity contribution in [1.29, 1.82) is 0 Å². The van der Waals surface area contributed by atoms with E-state index < -0.39 is 0 Å². The Hall–Kier alpha value is -1.81. The molecule has 3 rings (SSSR count). The molecule has 1 atom stereocenters. The molecule has 4 heteroatoms. The van der Waals surface area contributed by atoms with E-state index in [2.05, 4.69) is 18.3 Å². The van der Waals surface area contributed by atoms with E-state index in [1.165, 1.54) is 16.9 Å². The summed E-state index contributed by atoms with van der Waals surface area (Å²) in [7, 11) is 1.62. The van der Waals surface area contributed by atoms with Crippen molar-refractivity contribution in [2.45, 2.75) is 26.2 Å². The highest BCUT2D eigenvalue weighted by molar-refractivity contribution is 7.14. The van der Waals surface area contributed by atoms with Crippen LogP contribution in [-0.4, -0.2) is 13.0 Å². The van der Waals surface area contributed by atoms with E-state index in [-0.39, 0.29) is 5.91 Å². The standard InChI is InChI=1S/C17H19NO2S/c1-11-6-7-15-12(8-11)9-16(21-15)17(19)18-13-4-3-5-14(10-13)20-2/h3-5,9-11H,6-8H2,1-2H3,(H,18,19)/t11-/m1/s1. The van der Waals surface area contributed by atoms with Crippen LogP contribution >= 0.6 is 11.3 Å². The number of benzene rings is 1. The molecule has 0 unspecified atom stereocenters. The zero-order valence-electron chi connectivity index (χ0n) is 12.3. The van der Waals surface area contributed by atoms with Crippen LogP contribution in [0, 0.1) is 5.92 Å². The molecule has 3 nitrogen and oxygen atoms in total. The van der Waals surface area contributed by atoms with Crippen LogP contribution in [0.1, 0.15) is 33.5 Å². The third-order valence-electron chi connectivity index (χ3n) is 3.88. The van der Waals surface area contributed by atoms with Gasteiger partial charge in [-0.05, 0) is 48.9 Å². The molecule has 0 radical (unpaired) electrons. The fourth-order valence-electron chi connectivity index (χ4n) is 2.71. The second-order valence-corrected chi connectivity index (χ2v) is 6.73. The lowest BCUT2D eigenvalue weighted by atomic mass is 9.90. The number of nitrogens with one attached hydrogen (secondary N) is 1. The van der Waals surface area contributed by atoms with Crippen LogP contribution < -0.4 is 10.1 Å². The lowest BCUT2D eigenvalue weighted by molar-refractivity contribution is 0.103. The number of aryl methyl sites for hydroxylation is 1. The maximum Gasteiger partial charge on any atom is 0.265 e. The van der Waals surface area contributed by atoms with Gasteiger partial charge in [-0.25, -0.2) is 0 Å². The summed E-state index contributed by atoms with van der Waals surface area (Å²) in [4.78, 5) is 14.6. The van der Waals surface area contributed by atoms with Gasteiger partial charge in [-0.15, -0.1) is 11.3 Å². The number of hydrogen-bond acceptors (Lipinski definition) is 3. The lowest BCUT2D eigenvalue weighted by Crippen LogP contribution is -2.10. The minimum absolute atomic E-state index is 0.0321. The van der Waals surface area contributed by atoms with Crippen molar-refractivity contribution in [2.75, 3.05) is 12.4 Å². The Labute approximate surface area is 129 Å². The quantitative estimate of drug-likeness (QED) is 0.925. The van der Waals surface area contributed by atoms with Gasteiger partial charge in [0.05, 0.1) is 12.0 Å². The van der Waals surface area contributed by atoms with Crippen molar-refractivity contribution in [3.05, 3.63) is 45.6 Å². The summed E-state index contributed by atoms with van der Waals surface area (Å²) in [5.74, 6) is 1.43. The minimum Gasteiger partial charge on any atom is -0.497 e. The van der Waals surface area contributed by atoms with Gasteiger partial charge in [-0.1, -0.05) is 13.0 Å². The number of ether oxygens (including phenoxy) is 1. The van der Waals surface area contributed by atoms with Crippen LogP contribution in [0.5, 0.6) is 5.75 Å². The molecule has 2 aromatic rings. The van der Waals surface area contributed by atoms with Gasteiger partial charge in [0.1, 0.15) is 5.75 Å². The fourth-order valence-corrected chi connectivity index (χ4v) is 3.81. The molecule has 1 heterocycles. The predicted molar refractivity (Wildman–Crippen MR) is 86.5 cm³/mol. The Morgan fingerprint density at radius 3 is 3.05 bits per heavy atom. The van der Waals surface area contributed by atoms with Gasteiger partial charge in [0.2, 0.25) is 0 Å². The van der Waals surface area contributed by atoms with Gasteiger partial charge in [0.15, 0.2) is 0 Å². The summed E-state index contributed by atoms with van der Waals surface area (Å²) >= 11 is 1.63. The van der Waals surface area contributed by atoms with Gasteiger partial charge < -0.3 is 10.1 Å². The summed E-state index contributed by atoms with van der Waals surface area (Å²) in [5, 5.41) is 2.94. The zero-order chi connectivity index (χ0) is 14.8. The number of rotatable bonds is 3. The average molecular weight is 301 g/mol. The molecule has 1 aliphatic rings. The van der Waals surface area contributed by atoms with Crippen molar-refractivity contribution in [1.82, 2.24) is 0 Å². The molecule has 0 aliphatic heterocycles. The third-order valence-corrected chi connectivity index (χ3v) is 5.12. The number of amides is 1. The molecule has 1 amide bonds. The Bertz CT molecular complexity index is 663. The molecule has 1 aromatic heterocycles. The Morgan fingerprint density at radius 2 is 2.24 bits per heavy atom. The largest absolute Gasteiger partial charge is 0.497 e. The predicted octanol–water partition coefficient (Wildman–Crippen LogP) is 4.13. The van der Waals surface area contributed by atoms with E-state index in [1.807, 2.05) is 24.3 Å². The van der Waals surface area contributed by atoms with E-state index >= 15 is 0 Å². The first-order chi connectivity index (χ1) is 10.2. The topological polar surface area (TPSA) is 38.3 Å². The van der Waals surface area contributed by atoms with E-state index in [0.29, 0.717) is 0 Å². The van der Waals surface area contributed by atoms with Crippen molar-refractivity contribution < 1.29 is 9.53 Å². The van der Waals surface area contributed by atoms with E-state index in [4.69, 9.17) is 4.74 Å². The molecular formula is C17H19NO2S. The molecule has 0 fully saturated rings. The first kappa shape index (κ1) is 14.1. The highest BCUT2D eigenvalue weighted by Gasteiger charge is 2.20. The van der Waals surface area contributed by atoms with Crippen LogP contribution in [0.25, 0.3) is 0 Å². The molecule has 0 bridgehead atoms. The molecule has 0 saturated heterocycles. The normalized spacial score (nSPS) is 17.1. The summed E-state index contributed by atoms with van der Waals surface area (Å²) in [6.07, 6.45) is 3.43. The van der Waals surface area contributed by atoms with Gasteiger partial charge in [-0.2, -0.15) is 0 Å². The Kier molecular flexibility index (Phi) is 3.97. The minimum atomic E-state index is -0.0321. The SMILES string of the molecule is COc1cccc(NC(=O)c2cc3c(s2)CC[C@@H](C)C3)c1. The maximum atomic E-state index is 12.4. The number of carbonyl (C=O) groups is 1. The smallest absolute Gasteiger partial charge is 0.265 e. The van der Waals surface area contributed by atoms with Crippen LogP contribution in [0.2, 0.25) is 0 Å². The molecule has 21 heavy (non-hydrogen) atoms. The number of fused-ring (bicyclic) bond motifs is 1. The second-order valence-electron chi connectivity index (χ2n) is 5.59. The van der Waals surface area contributed by atoms with Gasteiger partial charge in [0, 0.05) is 16.6 Å². The number of thiophene rings is 1. The third kappa shape index (κ3) is 3.10. The monoisotopic (exact) mass is 301 g/mol. The van der Waals surface area contributed by atoms with Crippen molar-refractivity contribution >= 4 is 22.9 Å². The number of methoxy groups -OCH3 is 1. The molecule has 0 spiro atoms. The first-order valence-corrected chi connectivity index (χ1v) is 8.04. The van der Waals surface area contributed by atoms with Gasteiger partial charge in [0.25, 0.3) is 5.91 Å². The Balaban J connectivity index is 1.76. The number of hydrogen-bond donors (Lipinski definition) is 1. The Morgan fingerprint density at radius 1 is 1.38 bits per heavy atom. The second kappa shape index (κ2) is 5.90. The molecular weight excluding hydrogens is 282 g/mol. The molecule has 0 saturated carbocycles. The average Bonchev–Trinajstić information content (AvgIpc) is 2.90. The van der Waals surface area contributed by atoms with E-state index in [1.54, 1.807) is 18.4 Å². The summed E-state index contributed by atoms with van der Waals surface area (Å²) < 4.78 is 5.17. The van der Waals surface area contributed by atoms with Crippen molar-refractivity contribution in [3.8, 4) is 5.75 Å². The summed E-state index contributed by atoms with van der Waals surface area (Å²) in [5.41, 5.74) is 2.12. The van der Waals surface area contributed by atoms with Gasteiger partial charge in [-0.3, -0.25) is 4.79 Å². The highest BCUT2D eigenvalue weighted by Crippen LogP contribution is 2.32. The molecule has 1 aliphatic carbocycles. The van der Waals surface area contributed by atoms with E-state index in [0.717, 1.165) is 35.1 Å². The van der Waals surface area contributed by atoms with Crippen LogP contribution in [0.4, 0.5) is 5.69 Å². The molecule has 110 valence electrons. The van der Waals surface area contributed by atoms with Crippen molar-refractivity contribution in [3.63, 3.8) is 0 Å². The van der Waals surface area contributed by atoms with Crippen LogP contribution in [0.15, 0.2) is 30.3 Å². The van der Waals surface area contributed by atoms with Gasteiger partial charge >= 0.3 is 0 Å².